The smallest absolute Gasteiger partial charge is 0.325 e. The highest BCUT2D eigenvalue weighted by molar-refractivity contribution is 5.80. The molecule has 0 aromatic carbocycles. The first kappa shape index (κ1) is 14.6. The number of amides is 1. The summed E-state index contributed by atoms with van der Waals surface area (Å²) in [5.41, 5.74) is 0. The van der Waals surface area contributed by atoms with Crippen LogP contribution in [0.25, 0.3) is 0 Å². The van der Waals surface area contributed by atoms with Gasteiger partial charge in [-0.1, -0.05) is 6.08 Å². The first-order chi connectivity index (χ1) is 7.51. The first-order valence-corrected chi connectivity index (χ1v) is 5.06. The molecule has 0 heterocycles. The molecule has 0 aliphatic carbocycles. The summed E-state index contributed by atoms with van der Waals surface area (Å²) in [4.78, 5) is 23.9. The molecule has 1 amide bonds. The number of carbonyl (C=O) groups excluding carboxylic acids is 2. The lowest BCUT2D eigenvalue weighted by Gasteiger charge is -2.19. The molecule has 0 aliphatic rings. The minimum Gasteiger partial charge on any atom is -0.459 e. The van der Waals surface area contributed by atoms with Crippen molar-refractivity contribution in [1.29, 1.82) is 0 Å². The maximum Gasteiger partial charge on any atom is 0.325 e. The van der Waals surface area contributed by atoms with Crippen LogP contribution in [0.4, 0.5) is 0 Å². The maximum absolute atomic E-state index is 11.4. The van der Waals surface area contributed by atoms with E-state index in [1.54, 1.807) is 13.0 Å². The molecule has 0 aromatic rings. The van der Waals surface area contributed by atoms with Gasteiger partial charge in [-0.05, 0) is 6.92 Å². The summed E-state index contributed by atoms with van der Waals surface area (Å²) < 4.78 is 9.86. The minimum atomic E-state index is -0.443. The Bertz CT molecular complexity index is 252. The number of esters is 1. The molecule has 0 aliphatic heterocycles. The van der Waals surface area contributed by atoms with Crippen LogP contribution in [0.1, 0.15) is 13.8 Å². The van der Waals surface area contributed by atoms with Gasteiger partial charge in [0.05, 0.1) is 6.61 Å². The van der Waals surface area contributed by atoms with E-state index in [1.165, 1.54) is 18.9 Å². The van der Waals surface area contributed by atoms with E-state index in [9.17, 15) is 9.59 Å². The zero-order valence-electron chi connectivity index (χ0n) is 10.1. The number of hydrogen-bond acceptors (Lipinski definition) is 4. The fourth-order valence-electron chi connectivity index (χ4n) is 1.15. The molecule has 0 bridgehead atoms. The van der Waals surface area contributed by atoms with Crippen molar-refractivity contribution in [2.75, 3.05) is 26.8 Å². The van der Waals surface area contributed by atoms with Crippen molar-refractivity contribution < 1.29 is 19.1 Å². The number of ether oxygens (including phenoxy) is 2. The van der Waals surface area contributed by atoms with Crippen molar-refractivity contribution in [3.05, 3.63) is 12.7 Å². The lowest BCUT2D eigenvalue weighted by Crippen LogP contribution is -2.36. The fourth-order valence-corrected chi connectivity index (χ4v) is 1.15. The summed E-state index contributed by atoms with van der Waals surface area (Å²) in [5, 5.41) is 0. The van der Waals surface area contributed by atoms with E-state index in [0.29, 0.717) is 13.2 Å². The Morgan fingerprint density at radius 3 is 2.56 bits per heavy atom. The van der Waals surface area contributed by atoms with Gasteiger partial charge in [-0.3, -0.25) is 9.59 Å². The Labute approximate surface area is 96.0 Å². The number of rotatable bonds is 7. The fraction of sp³-hybridized carbons (Fsp3) is 0.636. The van der Waals surface area contributed by atoms with E-state index in [1.807, 2.05) is 0 Å². The predicted octanol–water partition coefficient (Wildman–Crippen LogP) is 0.599. The third-order valence-electron chi connectivity index (χ3n) is 1.85. The van der Waals surface area contributed by atoms with Crippen LogP contribution in [0.15, 0.2) is 12.7 Å². The first-order valence-electron chi connectivity index (χ1n) is 5.06. The van der Waals surface area contributed by atoms with Crippen LogP contribution in [0.5, 0.6) is 0 Å². The largest absolute Gasteiger partial charge is 0.459 e. The third-order valence-corrected chi connectivity index (χ3v) is 1.85. The van der Waals surface area contributed by atoms with E-state index in [2.05, 4.69) is 6.58 Å². The number of carbonyl (C=O) groups is 2. The summed E-state index contributed by atoms with van der Waals surface area (Å²) in [6, 6.07) is 0. The highest BCUT2D eigenvalue weighted by atomic mass is 16.6. The number of hydrogen-bond donors (Lipinski definition) is 0. The SMILES string of the molecule is C=CCN(CC(=O)OC(C)COC)C(C)=O. The van der Waals surface area contributed by atoms with Crippen molar-refractivity contribution in [3.8, 4) is 0 Å². The van der Waals surface area contributed by atoms with Gasteiger partial charge in [0.25, 0.3) is 0 Å². The van der Waals surface area contributed by atoms with Crippen molar-refractivity contribution in [2.24, 2.45) is 0 Å². The van der Waals surface area contributed by atoms with Gasteiger partial charge >= 0.3 is 5.97 Å². The molecule has 5 heteroatoms. The number of methoxy groups -OCH3 is 1. The molecule has 16 heavy (non-hydrogen) atoms. The monoisotopic (exact) mass is 229 g/mol. The summed E-state index contributed by atoms with van der Waals surface area (Å²) in [6.07, 6.45) is 1.25. The highest BCUT2D eigenvalue weighted by Crippen LogP contribution is 1.96. The van der Waals surface area contributed by atoms with Gasteiger partial charge < -0.3 is 14.4 Å². The summed E-state index contributed by atoms with van der Waals surface area (Å²) in [7, 11) is 1.53. The summed E-state index contributed by atoms with van der Waals surface area (Å²) >= 11 is 0. The van der Waals surface area contributed by atoms with Crippen molar-refractivity contribution in [2.45, 2.75) is 20.0 Å². The maximum atomic E-state index is 11.4. The van der Waals surface area contributed by atoms with E-state index in [0.717, 1.165) is 0 Å². The van der Waals surface area contributed by atoms with Crippen LogP contribution in [0.3, 0.4) is 0 Å². The van der Waals surface area contributed by atoms with Gasteiger partial charge in [-0.25, -0.2) is 0 Å². The second-order valence-corrected chi connectivity index (χ2v) is 3.44. The number of nitrogens with zero attached hydrogens (tertiary/aromatic N) is 1. The van der Waals surface area contributed by atoms with Gasteiger partial charge in [-0.2, -0.15) is 0 Å². The van der Waals surface area contributed by atoms with E-state index in [-0.39, 0.29) is 18.6 Å². The van der Waals surface area contributed by atoms with Gasteiger partial charge in [-0.15, -0.1) is 6.58 Å². The molecule has 0 rings (SSSR count). The molecule has 0 aromatic heterocycles. The average molecular weight is 229 g/mol. The van der Waals surface area contributed by atoms with Crippen LogP contribution in [0, 0.1) is 0 Å². The van der Waals surface area contributed by atoms with E-state index < -0.39 is 5.97 Å². The normalized spacial score (nSPS) is 11.7. The Morgan fingerprint density at radius 1 is 1.50 bits per heavy atom. The van der Waals surface area contributed by atoms with Crippen LogP contribution in [-0.4, -0.2) is 49.7 Å². The third kappa shape index (κ3) is 6.19. The Kier molecular flexibility index (Phi) is 7.20. The molecule has 0 fully saturated rings. The minimum absolute atomic E-state index is 0.0601. The Hall–Kier alpha value is -1.36. The van der Waals surface area contributed by atoms with Crippen molar-refractivity contribution >= 4 is 11.9 Å². The lowest BCUT2D eigenvalue weighted by atomic mass is 10.4. The topological polar surface area (TPSA) is 55.8 Å². The molecule has 0 radical (unpaired) electrons. The van der Waals surface area contributed by atoms with Gasteiger partial charge in [0, 0.05) is 20.6 Å². The zero-order chi connectivity index (χ0) is 12.6. The molecule has 92 valence electrons. The molecule has 5 nitrogen and oxygen atoms in total. The average Bonchev–Trinajstić information content (AvgIpc) is 2.16. The molecule has 0 spiro atoms. The van der Waals surface area contributed by atoms with Crippen LogP contribution in [-0.2, 0) is 19.1 Å². The van der Waals surface area contributed by atoms with Crippen LogP contribution < -0.4 is 0 Å². The second-order valence-electron chi connectivity index (χ2n) is 3.44. The summed E-state index contributed by atoms with van der Waals surface area (Å²) in [6.45, 7) is 7.26. The van der Waals surface area contributed by atoms with Crippen molar-refractivity contribution in [3.63, 3.8) is 0 Å². The molecular formula is C11H19NO4. The van der Waals surface area contributed by atoms with Crippen LogP contribution in [0.2, 0.25) is 0 Å². The van der Waals surface area contributed by atoms with Gasteiger partial charge in [0.15, 0.2) is 0 Å². The lowest BCUT2D eigenvalue weighted by molar-refractivity contribution is -0.154. The molecule has 0 N–H and O–H groups in total. The quantitative estimate of drug-likeness (QED) is 0.474. The standard InChI is InChI=1S/C11H19NO4/c1-5-6-12(10(3)13)7-11(14)16-9(2)8-15-4/h5,9H,1,6-8H2,2-4H3. The summed E-state index contributed by atoms with van der Waals surface area (Å²) in [5.74, 6) is -0.627. The Balaban J connectivity index is 4.09. The van der Waals surface area contributed by atoms with E-state index in [4.69, 9.17) is 9.47 Å². The molecular weight excluding hydrogens is 210 g/mol. The molecule has 0 saturated carbocycles. The van der Waals surface area contributed by atoms with Crippen molar-refractivity contribution in [1.82, 2.24) is 4.90 Å². The van der Waals surface area contributed by atoms with Gasteiger partial charge in [0.2, 0.25) is 5.91 Å². The zero-order valence-corrected chi connectivity index (χ0v) is 10.1. The molecule has 0 saturated heterocycles. The molecule has 1 unspecified atom stereocenters. The van der Waals surface area contributed by atoms with Crippen LogP contribution >= 0.6 is 0 Å². The van der Waals surface area contributed by atoms with Gasteiger partial charge in [0.1, 0.15) is 12.6 Å². The predicted molar refractivity (Wildman–Crippen MR) is 59.9 cm³/mol. The highest BCUT2D eigenvalue weighted by Gasteiger charge is 2.15. The second kappa shape index (κ2) is 7.87. The Morgan fingerprint density at radius 2 is 2.12 bits per heavy atom. The van der Waals surface area contributed by atoms with E-state index >= 15 is 0 Å². The molecule has 1 atom stereocenters.